The minimum absolute atomic E-state index is 0.0602. The van der Waals surface area contributed by atoms with Crippen LogP contribution < -0.4 is 9.62 Å². The summed E-state index contributed by atoms with van der Waals surface area (Å²) in [5, 5.41) is 2.91. The number of thiazole rings is 1. The van der Waals surface area contributed by atoms with Gasteiger partial charge in [0.25, 0.3) is 0 Å². The lowest BCUT2D eigenvalue weighted by atomic mass is 9.92. The smallest absolute Gasteiger partial charge is 0.240 e. The summed E-state index contributed by atoms with van der Waals surface area (Å²) in [5.41, 5.74) is 2.50. The van der Waals surface area contributed by atoms with Crippen molar-refractivity contribution in [3.63, 3.8) is 0 Å². The molecule has 1 unspecified atom stereocenters. The van der Waals surface area contributed by atoms with Crippen molar-refractivity contribution in [2.24, 2.45) is 0 Å². The molecule has 5 nitrogen and oxygen atoms in total. The number of nitrogens with zero attached hydrogens (tertiary/aromatic N) is 2. The van der Waals surface area contributed by atoms with Gasteiger partial charge in [-0.2, -0.15) is 0 Å². The van der Waals surface area contributed by atoms with E-state index in [0.717, 1.165) is 37.4 Å². The summed E-state index contributed by atoms with van der Waals surface area (Å²) in [4.78, 5) is 6.85. The van der Waals surface area contributed by atoms with Crippen molar-refractivity contribution in [3.8, 4) is 0 Å². The number of rotatable bonds is 4. The molecule has 0 saturated carbocycles. The normalized spacial score (nSPS) is 21.0. The van der Waals surface area contributed by atoms with E-state index in [0.29, 0.717) is 11.4 Å². The Kier molecular flexibility index (Phi) is 4.32. The second kappa shape index (κ2) is 6.46. The number of aromatic nitrogens is 1. The van der Waals surface area contributed by atoms with Crippen molar-refractivity contribution in [2.45, 2.75) is 43.0 Å². The molecule has 2 heterocycles. The molecule has 1 saturated heterocycles. The van der Waals surface area contributed by atoms with Crippen molar-refractivity contribution >= 4 is 26.5 Å². The zero-order valence-corrected chi connectivity index (χ0v) is 15.1. The Balaban J connectivity index is 1.48. The predicted octanol–water partition coefficient (Wildman–Crippen LogP) is 2.58. The fraction of sp³-hybridized carbons (Fsp3) is 0.471. The van der Waals surface area contributed by atoms with Gasteiger partial charge in [-0.05, 0) is 55.4 Å². The number of hydrogen-bond acceptors (Lipinski definition) is 5. The number of nitrogens with one attached hydrogen (secondary N) is 1. The Bertz CT molecular complexity index is 818. The van der Waals surface area contributed by atoms with Crippen LogP contribution in [0.4, 0.5) is 5.13 Å². The Morgan fingerprint density at radius 1 is 1.21 bits per heavy atom. The SMILES string of the molecule is O=S(=O)(NC1CCN(c2nccs2)C1)c1ccc2c(c1)CCCC2. The second-order valence-electron chi connectivity index (χ2n) is 6.51. The van der Waals surface area contributed by atoms with Crippen molar-refractivity contribution in [1.29, 1.82) is 0 Å². The van der Waals surface area contributed by atoms with E-state index in [4.69, 9.17) is 0 Å². The molecule has 1 aromatic carbocycles. The lowest BCUT2D eigenvalue weighted by molar-refractivity contribution is 0.561. The molecule has 0 bridgehead atoms. The van der Waals surface area contributed by atoms with E-state index in [2.05, 4.69) is 14.6 Å². The molecule has 2 aromatic rings. The molecule has 0 amide bonds. The van der Waals surface area contributed by atoms with Gasteiger partial charge in [-0.25, -0.2) is 18.1 Å². The summed E-state index contributed by atoms with van der Waals surface area (Å²) < 4.78 is 28.3. The highest BCUT2D eigenvalue weighted by Crippen LogP contribution is 2.26. The molecule has 128 valence electrons. The molecule has 1 aromatic heterocycles. The number of fused-ring (bicyclic) bond motifs is 1. The van der Waals surface area contributed by atoms with Gasteiger partial charge in [-0.3, -0.25) is 0 Å². The molecule has 0 radical (unpaired) electrons. The monoisotopic (exact) mass is 363 g/mol. The summed E-state index contributed by atoms with van der Waals surface area (Å²) in [7, 11) is -3.46. The first-order valence-corrected chi connectivity index (χ1v) is 10.8. The molecule has 4 rings (SSSR count). The van der Waals surface area contributed by atoms with E-state index in [1.165, 1.54) is 17.5 Å². The molecule has 1 atom stereocenters. The molecule has 7 heteroatoms. The van der Waals surface area contributed by atoms with E-state index in [1.807, 2.05) is 17.5 Å². The molecule has 1 N–H and O–H groups in total. The molecule has 2 aliphatic rings. The Morgan fingerprint density at radius 2 is 2.04 bits per heavy atom. The molecule has 24 heavy (non-hydrogen) atoms. The largest absolute Gasteiger partial charge is 0.346 e. The van der Waals surface area contributed by atoms with Crippen LogP contribution in [0.1, 0.15) is 30.4 Å². The van der Waals surface area contributed by atoms with E-state index in [-0.39, 0.29) is 6.04 Å². The van der Waals surface area contributed by atoms with Gasteiger partial charge in [0.05, 0.1) is 4.90 Å². The quantitative estimate of drug-likeness (QED) is 0.907. The van der Waals surface area contributed by atoms with Crippen LogP contribution in [0.25, 0.3) is 0 Å². The number of benzene rings is 1. The van der Waals surface area contributed by atoms with Gasteiger partial charge in [0.2, 0.25) is 10.0 Å². The van der Waals surface area contributed by atoms with Crippen LogP contribution in [0.2, 0.25) is 0 Å². The summed E-state index contributed by atoms with van der Waals surface area (Å²) >= 11 is 1.59. The van der Waals surface area contributed by atoms with Gasteiger partial charge < -0.3 is 4.90 Å². The van der Waals surface area contributed by atoms with Crippen LogP contribution in [0.15, 0.2) is 34.7 Å². The van der Waals surface area contributed by atoms with E-state index in [1.54, 1.807) is 23.6 Å². The second-order valence-corrected chi connectivity index (χ2v) is 9.09. The average Bonchev–Trinajstić information content (AvgIpc) is 3.25. The zero-order chi connectivity index (χ0) is 16.6. The van der Waals surface area contributed by atoms with Crippen LogP contribution in [0, 0.1) is 0 Å². The predicted molar refractivity (Wildman–Crippen MR) is 96.1 cm³/mol. The zero-order valence-electron chi connectivity index (χ0n) is 13.4. The summed E-state index contributed by atoms with van der Waals surface area (Å²) in [6.45, 7) is 1.52. The highest BCUT2D eigenvalue weighted by atomic mass is 32.2. The summed E-state index contributed by atoms with van der Waals surface area (Å²) in [6.07, 6.45) is 6.99. The fourth-order valence-electron chi connectivity index (χ4n) is 3.57. The lowest BCUT2D eigenvalue weighted by Crippen LogP contribution is -2.37. The van der Waals surface area contributed by atoms with Gasteiger partial charge in [-0.15, -0.1) is 11.3 Å². The summed E-state index contributed by atoms with van der Waals surface area (Å²) in [6, 6.07) is 5.54. The van der Waals surface area contributed by atoms with E-state index < -0.39 is 10.0 Å². The number of sulfonamides is 1. The minimum atomic E-state index is -3.46. The van der Waals surface area contributed by atoms with Gasteiger partial charge in [0, 0.05) is 30.7 Å². The molecule has 1 fully saturated rings. The van der Waals surface area contributed by atoms with Gasteiger partial charge in [-0.1, -0.05) is 6.07 Å². The van der Waals surface area contributed by atoms with E-state index in [9.17, 15) is 8.42 Å². The van der Waals surface area contributed by atoms with Gasteiger partial charge >= 0.3 is 0 Å². The third-order valence-corrected chi connectivity index (χ3v) is 7.18. The third-order valence-electron chi connectivity index (χ3n) is 4.83. The van der Waals surface area contributed by atoms with Crippen LogP contribution >= 0.6 is 11.3 Å². The maximum atomic E-state index is 12.7. The Labute approximate surface area is 146 Å². The minimum Gasteiger partial charge on any atom is -0.346 e. The van der Waals surface area contributed by atoms with Gasteiger partial charge in [0.15, 0.2) is 5.13 Å². The van der Waals surface area contributed by atoms with Crippen LogP contribution in [-0.4, -0.2) is 32.5 Å². The third kappa shape index (κ3) is 3.20. The molecule has 1 aliphatic heterocycles. The average molecular weight is 364 g/mol. The van der Waals surface area contributed by atoms with Crippen LogP contribution in [0.5, 0.6) is 0 Å². The van der Waals surface area contributed by atoms with Crippen LogP contribution in [0.3, 0.4) is 0 Å². The highest BCUT2D eigenvalue weighted by Gasteiger charge is 2.28. The first-order valence-electron chi connectivity index (χ1n) is 8.40. The molecule has 0 spiro atoms. The molecular weight excluding hydrogens is 342 g/mol. The maximum Gasteiger partial charge on any atom is 0.240 e. The lowest BCUT2D eigenvalue weighted by Gasteiger charge is -2.18. The topological polar surface area (TPSA) is 62.3 Å². The van der Waals surface area contributed by atoms with Crippen molar-refractivity contribution < 1.29 is 8.42 Å². The van der Waals surface area contributed by atoms with E-state index >= 15 is 0 Å². The number of hydrogen-bond donors (Lipinski definition) is 1. The van der Waals surface area contributed by atoms with Crippen LogP contribution in [-0.2, 0) is 22.9 Å². The standard InChI is InChI=1S/C17H21N3O2S2/c21-24(22,16-6-5-13-3-1-2-4-14(13)11-16)19-15-7-9-20(12-15)17-18-8-10-23-17/h5-6,8,10-11,15,19H,1-4,7,9,12H2. The first-order chi connectivity index (χ1) is 11.6. The van der Waals surface area contributed by atoms with Gasteiger partial charge in [0.1, 0.15) is 0 Å². The fourth-order valence-corrected chi connectivity index (χ4v) is 5.56. The molecule has 1 aliphatic carbocycles. The summed E-state index contributed by atoms with van der Waals surface area (Å²) in [5.74, 6) is 0. The first kappa shape index (κ1) is 16.1. The van der Waals surface area contributed by atoms with Crippen molar-refractivity contribution in [1.82, 2.24) is 9.71 Å². The molecular formula is C17H21N3O2S2. The van der Waals surface area contributed by atoms with Crippen molar-refractivity contribution in [2.75, 3.05) is 18.0 Å². The highest BCUT2D eigenvalue weighted by molar-refractivity contribution is 7.89. The van der Waals surface area contributed by atoms with Crippen molar-refractivity contribution in [3.05, 3.63) is 40.9 Å². The number of aryl methyl sites for hydroxylation is 2. The Morgan fingerprint density at radius 3 is 2.83 bits per heavy atom. The maximum absolute atomic E-state index is 12.7. The number of anilines is 1. The Hall–Kier alpha value is -1.44.